The van der Waals surface area contributed by atoms with Crippen LogP contribution in [0.15, 0.2) is 37.1 Å². The third-order valence-corrected chi connectivity index (χ3v) is 7.22. The van der Waals surface area contributed by atoms with Crippen LogP contribution in [0.3, 0.4) is 0 Å². The Morgan fingerprint density at radius 2 is 2.30 bits per heavy atom. The fraction of sp³-hybridized carbons (Fsp3) is 0.333. The van der Waals surface area contributed by atoms with Crippen LogP contribution in [0.1, 0.15) is 29.7 Å². The van der Waals surface area contributed by atoms with Crippen molar-refractivity contribution in [2.45, 2.75) is 37.2 Å². The lowest BCUT2D eigenvalue weighted by Gasteiger charge is -2.16. The number of fused-ring (bicyclic) bond motifs is 1. The van der Waals surface area contributed by atoms with Crippen LogP contribution >= 0.6 is 34.4 Å². The molecule has 4 aromatic rings. The molecule has 0 fully saturated rings. The van der Waals surface area contributed by atoms with Gasteiger partial charge in [-0.3, -0.25) is 0 Å². The van der Waals surface area contributed by atoms with Crippen molar-refractivity contribution < 1.29 is 8.94 Å². The Labute approximate surface area is 168 Å². The van der Waals surface area contributed by atoms with E-state index in [0.29, 0.717) is 28.6 Å². The maximum Gasteiger partial charge on any atom is 0.277 e. The molecule has 0 aromatic carbocycles. The Hall–Kier alpha value is -1.97. The third kappa shape index (κ3) is 3.59. The van der Waals surface area contributed by atoms with Crippen molar-refractivity contribution in [3.8, 4) is 22.2 Å². The highest BCUT2D eigenvalue weighted by Crippen LogP contribution is 2.37. The van der Waals surface area contributed by atoms with Crippen LogP contribution in [0.4, 0.5) is 0 Å². The first kappa shape index (κ1) is 17.2. The summed E-state index contributed by atoms with van der Waals surface area (Å²) in [7, 11) is 0. The molecule has 5 rings (SSSR count). The molecule has 0 spiro atoms. The fourth-order valence-corrected chi connectivity index (χ4v) is 5.49. The number of rotatable bonds is 5. The molecule has 0 saturated heterocycles. The fourth-order valence-electron chi connectivity index (χ4n) is 3.12. The number of hydrogen-bond donors (Lipinski definition) is 0. The van der Waals surface area contributed by atoms with Gasteiger partial charge in [-0.05, 0) is 48.3 Å². The maximum absolute atomic E-state index is 5.84. The Morgan fingerprint density at radius 1 is 1.33 bits per heavy atom. The minimum Gasteiger partial charge on any atom is -0.410 e. The lowest BCUT2D eigenvalue weighted by Crippen LogP contribution is -2.07. The van der Waals surface area contributed by atoms with Crippen LogP contribution in [0.5, 0.6) is 0 Å². The van der Waals surface area contributed by atoms with Crippen LogP contribution in [-0.4, -0.2) is 20.3 Å². The van der Waals surface area contributed by atoms with E-state index >= 15 is 0 Å². The Bertz CT molecular complexity index is 1050. The first-order valence-electron chi connectivity index (χ1n) is 8.68. The summed E-state index contributed by atoms with van der Waals surface area (Å²) in [5.74, 6) is 2.99. The molecule has 0 bridgehead atoms. The highest BCUT2D eigenvalue weighted by molar-refractivity contribution is 7.98. The van der Waals surface area contributed by atoms with Crippen molar-refractivity contribution in [3.05, 3.63) is 39.2 Å². The van der Waals surface area contributed by atoms with E-state index in [1.807, 2.05) is 16.8 Å². The van der Waals surface area contributed by atoms with E-state index in [4.69, 9.17) is 8.94 Å². The van der Waals surface area contributed by atoms with Crippen molar-refractivity contribution in [1.29, 1.82) is 0 Å². The molecule has 138 valence electrons. The van der Waals surface area contributed by atoms with E-state index in [-0.39, 0.29) is 0 Å². The lowest BCUT2D eigenvalue weighted by molar-refractivity contribution is 0.391. The Kier molecular flexibility index (Phi) is 4.58. The van der Waals surface area contributed by atoms with Gasteiger partial charge < -0.3 is 8.94 Å². The average molecular weight is 417 g/mol. The summed E-state index contributed by atoms with van der Waals surface area (Å²) in [5.41, 5.74) is 2.41. The van der Waals surface area contributed by atoms with Gasteiger partial charge in [-0.15, -0.1) is 21.5 Å². The van der Waals surface area contributed by atoms with Gasteiger partial charge in [0.25, 0.3) is 11.1 Å². The molecular formula is C18H16N4O2S3. The molecular weight excluding hydrogens is 400 g/mol. The SMILES string of the molecule is C[C@@H]1CCc2sc(-c3nnc(SCc4nc(-c5ccsc5)no4)o3)cc2C1. The summed E-state index contributed by atoms with van der Waals surface area (Å²) in [5, 5.41) is 16.9. The molecule has 1 aliphatic carbocycles. The van der Waals surface area contributed by atoms with Crippen LogP contribution in [0.25, 0.3) is 22.2 Å². The molecule has 0 saturated carbocycles. The van der Waals surface area contributed by atoms with Gasteiger partial charge in [-0.2, -0.15) is 16.3 Å². The molecule has 0 unspecified atom stereocenters. The molecule has 1 aliphatic rings. The first-order valence-corrected chi connectivity index (χ1v) is 11.4. The van der Waals surface area contributed by atoms with Crippen LogP contribution in [-0.2, 0) is 18.6 Å². The largest absolute Gasteiger partial charge is 0.410 e. The highest BCUT2D eigenvalue weighted by Gasteiger charge is 2.21. The molecule has 0 radical (unpaired) electrons. The smallest absolute Gasteiger partial charge is 0.277 e. The maximum atomic E-state index is 5.84. The van der Waals surface area contributed by atoms with E-state index < -0.39 is 0 Å². The summed E-state index contributed by atoms with van der Waals surface area (Å²) in [4.78, 5) is 6.93. The zero-order chi connectivity index (χ0) is 18.2. The molecule has 4 aromatic heterocycles. The topological polar surface area (TPSA) is 77.8 Å². The number of thioether (sulfide) groups is 1. The molecule has 0 N–H and O–H groups in total. The second-order valence-electron chi connectivity index (χ2n) is 6.59. The molecule has 9 heteroatoms. The van der Waals surface area contributed by atoms with Gasteiger partial charge in [-0.25, -0.2) is 0 Å². The highest BCUT2D eigenvalue weighted by atomic mass is 32.2. The van der Waals surface area contributed by atoms with Crippen LogP contribution < -0.4 is 0 Å². The normalized spacial score (nSPS) is 16.6. The Morgan fingerprint density at radius 3 is 3.19 bits per heavy atom. The molecule has 0 amide bonds. The van der Waals surface area contributed by atoms with E-state index in [1.165, 1.54) is 28.6 Å². The molecule has 4 heterocycles. The monoisotopic (exact) mass is 416 g/mol. The van der Waals surface area contributed by atoms with Gasteiger partial charge in [0, 0.05) is 15.8 Å². The quantitative estimate of drug-likeness (QED) is 0.407. The second kappa shape index (κ2) is 7.21. The summed E-state index contributed by atoms with van der Waals surface area (Å²) >= 11 is 4.79. The van der Waals surface area contributed by atoms with Crippen molar-refractivity contribution in [3.63, 3.8) is 0 Å². The summed E-state index contributed by atoms with van der Waals surface area (Å²) < 4.78 is 11.1. The number of aryl methyl sites for hydroxylation is 1. The zero-order valence-corrected chi connectivity index (χ0v) is 17.0. The zero-order valence-electron chi connectivity index (χ0n) is 14.5. The van der Waals surface area contributed by atoms with Crippen LogP contribution in [0, 0.1) is 5.92 Å². The number of aromatic nitrogens is 4. The summed E-state index contributed by atoms with van der Waals surface area (Å²) in [6.45, 7) is 2.31. The van der Waals surface area contributed by atoms with E-state index in [2.05, 4.69) is 33.3 Å². The second-order valence-corrected chi connectivity index (χ2v) is 9.44. The predicted octanol–water partition coefficient (Wildman–Crippen LogP) is 5.33. The van der Waals surface area contributed by atoms with Crippen molar-refractivity contribution in [1.82, 2.24) is 20.3 Å². The van der Waals surface area contributed by atoms with Gasteiger partial charge in [0.05, 0.1) is 10.6 Å². The third-order valence-electron chi connectivity index (χ3n) is 4.51. The number of nitrogens with zero attached hydrogens (tertiary/aromatic N) is 4. The lowest BCUT2D eigenvalue weighted by atomic mass is 9.90. The summed E-state index contributed by atoms with van der Waals surface area (Å²) in [6.07, 6.45) is 3.56. The van der Waals surface area contributed by atoms with Gasteiger partial charge in [-0.1, -0.05) is 23.8 Å². The number of thiophene rings is 2. The Balaban J connectivity index is 1.26. The van der Waals surface area contributed by atoms with Crippen molar-refractivity contribution >= 4 is 34.4 Å². The molecule has 1 atom stereocenters. The number of hydrogen-bond acceptors (Lipinski definition) is 9. The van der Waals surface area contributed by atoms with E-state index in [9.17, 15) is 0 Å². The molecule has 6 nitrogen and oxygen atoms in total. The predicted molar refractivity (Wildman–Crippen MR) is 106 cm³/mol. The minimum atomic E-state index is 0.497. The van der Waals surface area contributed by atoms with Crippen molar-refractivity contribution in [2.75, 3.05) is 0 Å². The standard InChI is InChI=1S/C18H16N4O2S3/c1-10-2-3-13-12(6-10)7-14(27-13)17-20-21-18(23-17)26-9-15-19-16(22-24-15)11-4-5-25-8-11/h4-5,7-8,10H,2-3,6,9H2,1H3/t10-/m1/s1. The van der Waals surface area contributed by atoms with Crippen molar-refractivity contribution in [2.24, 2.45) is 5.92 Å². The minimum absolute atomic E-state index is 0.497. The summed E-state index contributed by atoms with van der Waals surface area (Å²) in [6, 6.07) is 4.18. The van der Waals surface area contributed by atoms with Gasteiger partial charge in [0.2, 0.25) is 11.7 Å². The van der Waals surface area contributed by atoms with Gasteiger partial charge >= 0.3 is 0 Å². The van der Waals surface area contributed by atoms with Gasteiger partial charge in [0.1, 0.15) is 0 Å². The van der Waals surface area contributed by atoms with E-state index in [1.54, 1.807) is 22.7 Å². The van der Waals surface area contributed by atoms with Crippen LogP contribution in [0.2, 0.25) is 0 Å². The average Bonchev–Trinajstić information content (AvgIpc) is 3.45. The molecule has 0 aliphatic heterocycles. The van der Waals surface area contributed by atoms with E-state index in [0.717, 1.165) is 29.2 Å². The first-order chi connectivity index (χ1) is 13.2. The molecule has 27 heavy (non-hydrogen) atoms. The van der Waals surface area contributed by atoms with Gasteiger partial charge in [0.15, 0.2) is 0 Å².